The fraction of sp³-hybridized carbons (Fsp3) is 0.535. The van der Waals surface area contributed by atoms with Gasteiger partial charge in [-0.2, -0.15) is 0 Å². The quantitative estimate of drug-likeness (QED) is 0.0866. The predicted molar refractivity (Wildman–Crippen MR) is 213 cm³/mol. The van der Waals surface area contributed by atoms with Crippen molar-refractivity contribution in [2.24, 2.45) is 21.3 Å². The minimum atomic E-state index is -2.35. The van der Waals surface area contributed by atoms with Gasteiger partial charge >= 0.3 is 0 Å². The number of amides is 1. The predicted octanol–water partition coefficient (Wildman–Crippen LogP) is -0.863. The second kappa shape index (κ2) is 15.3. The number of benzene rings is 1. The lowest BCUT2D eigenvalue weighted by Crippen LogP contribution is -3.11. The smallest absolute Gasteiger partial charge is 0.226 e. The third-order valence-electron chi connectivity index (χ3n) is 13.9. The molecule has 9 rings (SSSR count). The summed E-state index contributed by atoms with van der Waals surface area (Å²) in [6.45, 7) is 3.52. The number of aliphatic hydroxyl groups is 5. The van der Waals surface area contributed by atoms with Crippen molar-refractivity contribution in [3.05, 3.63) is 80.8 Å². The first kappa shape index (κ1) is 40.1. The van der Waals surface area contributed by atoms with E-state index in [4.69, 9.17) is 18.9 Å². The molecule has 1 aromatic carbocycles. The van der Waals surface area contributed by atoms with Crippen LogP contribution in [-0.4, -0.2) is 119 Å². The maximum atomic E-state index is 13.5. The van der Waals surface area contributed by atoms with Crippen LogP contribution < -0.4 is 25.3 Å². The number of aryl methyl sites for hydroxylation is 1. The summed E-state index contributed by atoms with van der Waals surface area (Å²) in [5.41, 5.74) is 1.13. The number of hydrogen-bond acceptors (Lipinski definition) is 13. The Hall–Kier alpha value is -4.36. The Bertz CT molecular complexity index is 2290. The molecule has 59 heavy (non-hydrogen) atoms. The van der Waals surface area contributed by atoms with Crippen LogP contribution in [0, 0.1) is 18.3 Å². The average molecular weight is 816 g/mol. The van der Waals surface area contributed by atoms with Gasteiger partial charge in [-0.25, -0.2) is 9.78 Å². The number of carbonyl (C=O) groups is 1. The number of ether oxygens (including phenoxy) is 1. The summed E-state index contributed by atoms with van der Waals surface area (Å²) in [6, 6.07) is 3.23. The molecule has 314 valence electrons. The molecule has 16 nitrogen and oxygen atoms in total. The van der Waals surface area contributed by atoms with E-state index in [2.05, 4.69) is 15.3 Å². The van der Waals surface area contributed by atoms with E-state index in [1.165, 1.54) is 6.07 Å². The van der Waals surface area contributed by atoms with Crippen molar-refractivity contribution < 1.29 is 59.1 Å². The third kappa shape index (κ3) is 6.84. The Balaban J connectivity index is 1.03. The molecule has 7 heterocycles. The standard InChI is InChI=1S/C43H51N5O11/c1-24-15-32(50)28-16-26-17-35(59-56-22-34(52)43(55,39(53)33(51)21-49)23-47-14-8-29-31(47)7-13-44-29)41(2,11-5-27-18-46-40(54)42(27)9-3-4-10-42)58-37(26)36(38(28)57-24)48-19-25-6-12-45-30(25)20-48/h6-8,12-13,15-16,20,27,33-35,39,49,51-53,55H,3-5,9-11,14,17-19,21-23H2,1-2H3,(H,46,54)/p+2/t27-,33+,34-,35+,39+,41+,43+/m0/s1. The van der Waals surface area contributed by atoms with Gasteiger partial charge in [0, 0.05) is 54.7 Å². The highest BCUT2D eigenvalue weighted by Gasteiger charge is 2.54. The lowest BCUT2D eigenvalue weighted by Gasteiger charge is -2.43. The van der Waals surface area contributed by atoms with Gasteiger partial charge in [0.15, 0.2) is 22.5 Å². The van der Waals surface area contributed by atoms with E-state index in [1.807, 2.05) is 25.3 Å². The van der Waals surface area contributed by atoms with E-state index >= 15 is 0 Å². The maximum absolute atomic E-state index is 13.5. The zero-order valence-electron chi connectivity index (χ0n) is 33.3. The minimum Gasteiger partial charge on any atom is -0.478 e. The molecule has 1 aromatic heterocycles. The molecule has 6 aliphatic heterocycles. The SMILES string of the molecule is Cc1cc(=O)c2cc3c(c([NH+]4C=C5N=CC=C5C4)c2o1)O[C@](C)(CC[C@H]1CNC(=O)C12CCCC2)[C@H](OOC[C@H](O)[C@](O)(C[NH+]1CC=C2N=CC=C21)[C@H](O)[C@H](O)CO)C3. The number of aliphatic imine (C=N–C) groups is 2. The molecule has 2 fully saturated rings. The molecular formula is C43H53N5O11+2. The molecule has 1 amide bonds. The van der Waals surface area contributed by atoms with Crippen molar-refractivity contribution >= 4 is 35.0 Å². The first-order valence-electron chi connectivity index (χ1n) is 20.7. The zero-order chi connectivity index (χ0) is 41.3. The van der Waals surface area contributed by atoms with Crippen LogP contribution in [0.5, 0.6) is 5.75 Å². The molecule has 8 N–H and O–H groups in total. The summed E-state index contributed by atoms with van der Waals surface area (Å²) in [6.07, 6.45) is 9.73. The number of allylic oxidation sites excluding steroid dienone is 2. The topological polar surface area (TPSA) is 222 Å². The number of nitrogens with one attached hydrogen (secondary N) is 3. The van der Waals surface area contributed by atoms with Gasteiger partial charge in [0.05, 0.1) is 17.4 Å². The normalized spacial score (nSPS) is 30.0. The summed E-state index contributed by atoms with van der Waals surface area (Å²) < 4.78 is 13.5. The molecule has 1 aliphatic carbocycles. The number of aliphatic hydroxyl groups excluding tert-OH is 4. The van der Waals surface area contributed by atoms with Gasteiger partial charge in [-0.1, -0.05) is 12.8 Å². The molecule has 16 heteroatoms. The number of carbonyl (C=O) groups excluding carboxylic acids is 1. The summed E-state index contributed by atoms with van der Waals surface area (Å²) in [7, 11) is 0. The van der Waals surface area contributed by atoms with Gasteiger partial charge < -0.3 is 40.0 Å². The van der Waals surface area contributed by atoms with Crippen LogP contribution >= 0.6 is 0 Å². The Morgan fingerprint density at radius 1 is 1.10 bits per heavy atom. The largest absolute Gasteiger partial charge is 0.478 e. The van der Waals surface area contributed by atoms with E-state index in [0.29, 0.717) is 71.1 Å². The van der Waals surface area contributed by atoms with Crippen LogP contribution in [0.4, 0.5) is 5.69 Å². The molecule has 1 saturated carbocycles. The minimum absolute atomic E-state index is 0.0792. The Labute approximate surface area is 340 Å². The molecule has 2 unspecified atom stereocenters. The highest BCUT2D eigenvalue weighted by Crippen LogP contribution is 2.51. The van der Waals surface area contributed by atoms with E-state index in [1.54, 1.807) is 31.5 Å². The van der Waals surface area contributed by atoms with E-state index in [0.717, 1.165) is 53.2 Å². The van der Waals surface area contributed by atoms with Crippen molar-refractivity contribution in [2.45, 2.75) is 94.4 Å². The van der Waals surface area contributed by atoms with Crippen molar-refractivity contribution in [1.82, 2.24) is 5.32 Å². The molecule has 2 aromatic rings. The first-order chi connectivity index (χ1) is 28.3. The lowest BCUT2D eigenvalue weighted by molar-refractivity contribution is -0.856. The second-order valence-corrected chi connectivity index (χ2v) is 17.5. The van der Waals surface area contributed by atoms with Gasteiger partial charge in [-0.05, 0) is 57.6 Å². The fourth-order valence-corrected chi connectivity index (χ4v) is 10.4. The third-order valence-corrected chi connectivity index (χ3v) is 13.9. The van der Waals surface area contributed by atoms with Crippen molar-refractivity contribution in [1.29, 1.82) is 0 Å². The first-order valence-corrected chi connectivity index (χ1v) is 20.7. The van der Waals surface area contributed by atoms with Crippen LogP contribution in [0.2, 0.25) is 0 Å². The van der Waals surface area contributed by atoms with Crippen molar-refractivity contribution in [3.63, 3.8) is 0 Å². The monoisotopic (exact) mass is 815 g/mol. The van der Waals surface area contributed by atoms with Crippen LogP contribution in [0.3, 0.4) is 0 Å². The molecule has 0 bridgehead atoms. The molecule has 1 spiro atoms. The highest BCUT2D eigenvalue weighted by atomic mass is 17.2. The van der Waals surface area contributed by atoms with E-state index in [-0.39, 0.29) is 30.2 Å². The molecule has 9 atom stereocenters. The Morgan fingerprint density at radius 2 is 1.88 bits per heavy atom. The van der Waals surface area contributed by atoms with Gasteiger partial charge in [-0.15, -0.1) is 0 Å². The average Bonchev–Trinajstić information content (AvgIpc) is 4.07. The summed E-state index contributed by atoms with van der Waals surface area (Å²) in [5, 5.41) is 58.3. The van der Waals surface area contributed by atoms with E-state index in [9.17, 15) is 35.1 Å². The van der Waals surface area contributed by atoms with Gasteiger partial charge in [0.25, 0.3) is 0 Å². The van der Waals surface area contributed by atoms with Gasteiger partial charge in [0.2, 0.25) is 17.2 Å². The Kier molecular flexibility index (Phi) is 10.4. The van der Waals surface area contributed by atoms with Crippen LogP contribution in [0.15, 0.2) is 78.4 Å². The lowest BCUT2D eigenvalue weighted by atomic mass is 9.72. The maximum Gasteiger partial charge on any atom is 0.226 e. The van der Waals surface area contributed by atoms with Crippen molar-refractivity contribution in [3.8, 4) is 5.75 Å². The summed E-state index contributed by atoms with van der Waals surface area (Å²) in [5.74, 6) is 1.21. The van der Waals surface area contributed by atoms with Gasteiger partial charge in [-0.3, -0.25) is 29.4 Å². The summed E-state index contributed by atoms with van der Waals surface area (Å²) >= 11 is 0. The van der Waals surface area contributed by atoms with Crippen LogP contribution in [-0.2, 0) is 21.0 Å². The van der Waals surface area contributed by atoms with E-state index < -0.39 is 54.2 Å². The highest BCUT2D eigenvalue weighted by molar-refractivity contribution is 5.90. The fourth-order valence-electron chi connectivity index (χ4n) is 10.4. The number of hydrogen-bond donors (Lipinski definition) is 8. The van der Waals surface area contributed by atoms with Crippen LogP contribution in [0.1, 0.15) is 56.8 Å². The molecule has 1 saturated heterocycles. The number of nitrogens with zero attached hydrogens (tertiary/aromatic N) is 2. The number of rotatable bonds is 14. The van der Waals surface area contributed by atoms with Crippen molar-refractivity contribution in [2.75, 3.05) is 39.4 Å². The molecule has 0 radical (unpaired) electrons. The zero-order valence-corrected chi connectivity index (χ0v) is 33.3. The number of fused-ring (bicyclic) bond motifs is 4. The van der Waals surface area contributed by atoms with Crippen LogP contribution in [0.25, 0.3) is 11.0 Å². The van der Waals surface area contributed by atoms with Gasteiger partial charge in [0.1, 0.15) is 79.6 Å². The second-order valence-electron chi connectivity index (χ2n) is 17.5. The number of quaternary nitrogens is 2. The molecular weight excluding hydrogens is 762 g/mol. The molecule has 7 aliphatic rings. The Morgan fingerprint density at radius 3 is 2.66 bits per heavy atom. The summed E-state index contributed by atoms with van der Waals surface area (Å²) in [4.78, 5) is 49.2.